The Bertz CT molecular complexity index is 771. The second-order valence-electron chi connectivity index (χ2n) is 6.21. The summed E-state index contributed by atoms with van der Waals surface area (Å²) in [6.07, 6.45) is 2.37. The van der Waals surface area contributed by atoms with Gasteiger partial charge in [0.05, 0.1) is 29.5 Å². The summed E-state index contributed by atoms with van der Waals surface area (Å²) >= 11 is 10.0. The lowest BCUT2D eigenvalue weighted by molar-refractivity contribution is 0.277. The van der Waals surface area contributed by atoms with Gasteiger partial charge in [-0.2, -0.15) is 11.8 Å². The summed E-state index contributed by atoms with van der Waals surface area (Å²) in [5.41, 5.74) is 3.17. The van der Waals surface area contributed by atoms with Crippen molar-refractivity contribution < 1.29 is 5.11 Å². The average Bonchev–Trinajstić information content (AvgIpc) is 3.22. The lowest BCUT2D eigenvalue weighted by atomic mass is 10.1. The quantitative estimate of drug-likeness (QED) is 0.749. The number of benzene rings is 1. The van der Waals surface area contributed by atoms with Gasteiger partial charge in [-0.25, -0.2) is 0 Å². The molecule has 3 heterocycles. The molecule has 128 valence electrons. The summed E-state index contributed by atoms with van der Waals surface area (Å²) in [5, 5.41) is 15.8. The van der Waals surface area contributed by atoms with Crippen molar-refractivity contribution in [1.29, 1.82) is 0 Å². The number of thioether (sulfide) groups is 2. The fraction of sp³-hybridized carbons (Fsp3) is 0.471. The minimum atomic E-state index is 0.0114. The normalized spacial score (nSPS) is 22.1. The van der Waals surface area contributed by atoms with E-state index in [1.54, 1.807) is 11.8 Å². The Morgan fingerprint density at radius 3 is 2.88 bits per heavy atom. The Kier molecular flexibility index (Phi) is 4.99. The highest BCUT2D eigenvalue weighted by molar-refractivity contribution is 8.14. The predicted octanol–water partition coefficient (Wildman–Crippen LogP) is 3.98. The summed E-state index contributed by atoms with van der Waals surface area (Å²) < 4.78 is 0. The van der Waals surface area contributed by atoms with E-state index in [1.807, 2.05) is 23.9 Å². The van der Waals surface area contributed by atoms with E-state index in [-0.39, 0.29) is 12.6 Å². The molecule has 0 radical (unpaired) electrons. The zero-order valence-corrected chi connectivity index (χ0v) is 15.6. The van der Waals surface area contributed by atoms with Gasteiger partial charge in [0.15, 0.2) is 0 Å². The highest BCUT2D eigenvalue weighted by atomic mass is 35.5. The number of anilines is 1. The number of aromatic nitrogens is 1. The highest BCUT2D eigenvalue weighted by Crippen LogP contribution is 2.33. The Hall–Kier alpha value is -0.820. The van der Waals surface area contributed by atoms with E-state index in [1.165, 1.54) is 24.3 Å². The van der Waals surface area contributed by atoms with E-state index in [2.05, 4.69) is 21.4 Å². The fourth-order valence-corrected chi connectivity index (χ4v) is 5.51. The van der Waals surface area contributed by atoms with Crippen molar-refractivity contribution in [2.45, 2.75) is 24.9 Å². The van der Waals surface area contributed by atoms with E-state index in [0.29, 0.717) is 6.04 Å². The summed E-state index contributed by atoms with van der Waals surface area (Å²) in [7, 11) is 0. The van der Waals surface area contributed by atoms with Gasteiger partial charge in [0.25, 0.3) is 0 Å². The molecule has 0 spiro atoms. The molecule has 1 aromatic carbocycles. The predicted molar refractivity (Wildman–Crippen MR) is 107 cm³/mol. The van der Waals surface area contributed by atoms with Crippen LogP contribution >= 0.6 is 35.1 Å². The third kappa shape index (κ3) is 3.43. The van der Waals surface area contributed by atoms with Gasteiger partial charge >= 0.3 is 0 Å². The van der Waals surface area contributed by atoms with Crippen molar-refractivity contribution in [3.8, 4) is 0 Å². The first kappa shape index (κ1) is 16.6. The van der Waals surface area contributed by atoms with Crippen molar-refractivity contribution in [3.63, 3.8) is 0 Å². The molecule has 2 aliphatic rings. The molecule has 1 saturated heterocycles. The molecule has 4 nitrogen and oxygen atoms in total. The molecule has 1 atom stereocenters. The molecule has 1 aromatic heterocycles. The summed E-state index contributed by atoms with van der Waals surface area (Å²) in [6.45, 7) is 0.106. The number of hydrogen-bond acceptors (Lipinski definition) is 5. The van der Waals surface area contributed by atoms with Gasteiger partial charge in [-0.15, -0.1) is 11.8 Å². The van der Waals surface area contributed by atoms with E-state index >= 15 is 0 Å². The Morgan fingerprint density at radius 1 is 1.29 bits per heavy atom. The van der Waals surface area contributed by atoms with Crippen LogP contribution in [0.3, 0.4) is 0 Å². The largest absolute Gasteiger partial charge is 0.394 e. The Labute approximate surface area is 154 Å². The molecule has 1 fully saturated rings. The molecule has 2 aromatic rings. The van der Waals surface area contributed by atoms with Gasteiger partial charge in [-0.3, -0.25) is 4.99 Å². The molecule has 7 heteroatoms. The number of nitrogens with zero attached hydrogens (tertiary/aromatic N) is 1. The third-order valence-electron chi connectivity index (χ3n) is 4.43. The van der Waals surface area contributed by atoms with Crippen LogP contribution < -0.4 is 5.32 Å². The summed E-state index contributed by atoms with van der Waals surface area (Å²) in [4.78, 5) is 8.09. The van der Waals surface area contributed by atoms with Crippen LogP contribution in [0.5, 0.6) is 0 Å². The van der Waals surface area contributed by atoms with Crippen LogP contribution in [0.2, 0.25) is 5.02 Å². The number of H-pyrrole nitrogens is 1. The maximum Gasteiger partial charge on any atom is 0.115 e. The lowest BCUT2D eigenvalue weighted by Crippen LogP contribution is -2.24. The monoisotopic (exact) mass is 381 g/mol. The minimum absolute atomic E-state index is 0.0114. The van der Waals surface area contributed by atoms with Gasteiger partial charge < -0.3 is 15.4 Å². The molecule has 2 aliphatic heterocycles. The molecular formula is C17H20ClN3OS2. The van der Waals surface area contributed by atoms with Crippen LogP contribution in [0.1, 0.15) is 18.5 Å². The van der Waals surface area contributed by atoms with E-state index in [4.69, 9.17) is 11.6 Å². The summed E-state index contributed by atoms with van der Waals surface area (Å²) in [6, 6.07) is 6.62. The second-order valence-corrected chi connectivity index (χ2v) is 8.88. The molecule has 0 amide bonds. The van der Waals surface area contributed by atoms with Crippen LogP contribution in [-0.4, -0.2) is 51.1 Å². The van der Waals surface area contributed by atoms with Gasteiger partial charge in [-0.05, 0) is 42.5 Å². The van der Waals surface area contributed by atoms with Crippen molar-refractivity contribution in [1.82, 2.24) is 4.98 Å². The van der Waals surface area contributed by atoms with Gasteiger partial charge in [-0.1, -0.05) is 11.6 Å². The summed E-state index contributed by atoms with van der Waals surface area (Å²) in [5.74, 6) is 3.27. The van der Waals surface area contributed by atoms with Crippen LogP contribution in [0.4, 0.5) is 5.69 Å². The number of halogens is 1. The third-order valence-corrected chi connectivity index (χ3v) is 6.84. The number of hydrogen-bond donors (Lipinski definition) is 3. The molecule has 24 heavy (non-hydrogen) atoms. The number of aromatic amines is 1. The zero-order chi connectivity index (χ0) is 16.5. The maximum absolute atomic E-state index is 9.27. The van der Waals surface area contributed by atoms with E-state index < -0.39 is 0 Å². The Balaban J connectivity index is 1.66. The number of aliphatic hydroxyl groups excluding tert-OH is 1. The maximum atomic E-state index is 9.27. The topological polar surface area (TPSA) is 60.4 Å². The van der Waals surface area contributed by atoms with Crippen LogP contribution in [0.15, 0.2) is 23.2 Å². The van der Waals surface area contributed by atoms with Gasteiger partial charge in [0.1, 0.15) is 5.04 Å². The van der Waals surface area contributed by atoms with E-state index in [0.717, 1.165) is 38.1 Å². The minimum Gasteiger partial charge on any atom is -0.394 e. The molecule has 0 aliphatic carbocycles. The zero-order valence-electron chi connectivity index (χ0n) is 13.2. The standard InChI is InChI=1S/C17H20ClN3OS2/c18-11-5-10-6-15(17-20-13(8-22)9-24-17)21-16(10)14(7-11)19-12-1-3-23-4-2-12/h5-7,12-13,19,21-22H,1-4,8-9H2. The first-order valence-electron chi connectivity index (χ1n) is 8.21. The molecule has 0 bridgehead atoms. The van der Waals surface area contributed by atoms with Crippen LogP contribution in [0.25, 0.3) is 10.9 Å². The number of nitrogens with one attached hydrogen (secondary N) is 2. The van der Waals surface area contributed by atoms with Gasteiger partial charge in [0.2, 0.25) is 0 Å². The smallest absolute Gasteiger partial charge is 0.115 e. The Morgan fingerprint density at radius 2 is 2.12 bits per heavy atom. The first-order valence-corrected chi connectivity index (χ1v) is 10.7. The number of aliphatic hydroxyl groups is 1. The van der Waals surface area contributed by atoms with Crippen molar-refractivity contribution in [2.24, 2.45) is 4.99 Å². The van der Waals surface area contributed by atoms with Crippen molar-refractivity contribution >= 4 is 56.8 Å². The van der Waals surface area contributed by atoms with Crippen molar-refractivity contribution in [2.75, 3.05) is 29.2 Å². The number of aliphatic imine (C=N–C) groups is 1. The molecule has 1 unspecified atom stereocenters. The lowest BCUT2D eigenvalue weighted by Gasteiger charge is -2.24. The van der Waals surface area contributed by atoms with Gasteiger partial charge in [0, 0.05) is 22.2 Å². The number of fused-ring (bicyclic) bond motifs is 1. The van der Waals surface area contributed by atoms with Crippen LogP contribution in [0, 0.1) is 0 Å². The SMILES string of the molecule is OCC1CSC(c2cc3cc(Cl)cc(NC4CCSCC4)c3[nH]2)=N1. The molecule has 0 saturated carbocycles. The molecule has 4 rings (SSSR count). The van der Waals surface area contributed by atoms with Crippen LogP contribution in [-0.2, 0) is 0 Å². The number of rotatable bonds is 4. The van der Waals surface area contributed by atoms with E-state index in [9.17, 15) is 5.11 Å². The van der Waals surface area contributed by atoms with Crippen molar-refractivity contribution in [3.05, 3.63) is 28.9 Å². The second kappa shape index (κ2) is 7.20. The first-order chi connectivity index (χ1) is 11.7. The highest BCUT2D eigenvalue weighted by Gasteiger charge is 2.21. The average molecular weight is 382 g/mol. The fourth-order valence-electron chi connectivity index (χ4n) is 3.15. The molecular weight excluding hydrogens is 362 g/mol. The molecule has 3 N–H and O–H groups in total.